The van der Waals surface area contributed by atoms with E-state index in [4.69, 9.17) is 4.42 Å². The summed E-state index contributed by atoms with van der Waals surface area (Å²) in [5, 5.41) is 24.0. The first-order valence-corrected chi connectivity index (χ1v) is 52.5. The molecule has 139 heavy (non-hydrogen) atoms. The molecule has 1 nitrogen and oxygen atoms in total. The molecule has 0 radical (unpaired) electrons. The number of furan rings is 1. The van der Waals surface area contributed by atoms with Gasteiger partial charge < -0.3 is 4.42 Å². The summed E-state index contributed by atoms with van der Waals surface area (Å²) >= 11 is 1.86. The van der Waals surface area contributed by atoms with Crippen molar-refractivity contribution < 1.29 is 4.42 Å². The quantitative estimate of drug-likeness (QED) is 0.0797. The lowest BCUT2D eigenvalue weighted by Crippen LogP contribution is -2.74. The predicted molar refractivity (Wildman–Crippen MR) is 623 cm³/mol. The van der Waals surface area contributed by atoms with E-state index in [2.05, 4.69) is 510 Å². The topological polar surface area (TPSA) is 13.1 Å². The highest BCUT2D eigenvalue weighted by atomic mass is 32.1. The smallest absolute Gasteiger partial charge is 0.179 e. The second-order valence-electron chi connectivity index (χ2n) is 30.7. The Hall–Kier alpha value is -15.6. The van der Waals surface area contributed by atoms with Crippen LogP contribution in [0.15, 0.2) is 550 Å². The lowest BCUT2D eigenvalue weighted by molar-refractivity contribution is 0.669. The van der Waals surface area contributed by atoms with Crippen LogP contribution in [-0.2, 0) is 0 Å². The Balaban J connectivity index is 0.000000154. The van der Waals surface area contributed by atoms with E-state index >= 15 is 0 Å². The van der Waals surface area contributed by atoms with Gasteiger partial charge in [-0.15, -0.1) is 11.3 Å². The molecule has 2 heterocycles. The van der Waals surface area contributed by atoms with Crippen LogP contribution in [0.25, 0.3) is 152 Å². The number of para-hydroxylation sites is 2. The van der Waals surface area contributed by atoms with Crippen molar-refractivity contribution in [2.24, 2.45) is 0 Å². The fourth-order valence-corrected chi connectivity index (χ4v) is 23.0. The molecule has 0 aliphatic carbocycles. The Kier molecular flexibility index (Phi) is 42.3. The van der Waals surface area contributed by atoms with Crippen molar-refractivity contribution in [2.45, 2.75) is 96.9 Å². The van der Waals surface area contributed by atoms with E-state index in [1.54, 1.807) is 0 Å². The van der Waals surface area contributed by atoms with Gasteiger partial charge in [0, 0.05) is 30.9 Å². The molecular weight excluding hydrogens is 1710 g/mol. The normalized spacial score (nSPS) is 10.1. The molecule has 0 saturated carbocycles. The first kappa shape index (κ1) is 104. The molecule has 0 N–H and O–H groups in total. The predicted octanol–water partition coefficient (Wildman–Crippen LogP) is 38.7. The summed E-state index contributed by atoms with van der Waals surface area (Å²) in [5.74, 6) is 0. The summed E-state index contributed by atoms with van der Waals surface area (Å²) in [5.41, 5.74) is 14.6. The van der Waals surface area contributed by atoms with Crippen LogP contribution in [-0.4, -0.2) is 8.07 Å². The standard InChI is InChI=1S/C24H20Si.C24H18.C20H14.C16H12.C14H10.C12H8O.C12H8S.7C2H6/c1-5-13-21(14-6-1)25(22-15-7-2-8-16-22,23-17-9-3-10-18-23)24-19-11-4-12-20-24;1-4-10-19(11-5-1)22-16-17-23(20-12-6-2-7-13-20)24(18-22)21-14-8-3-9-15-21;1-2-8-15(9-3-1)20-14-16-10-4-5-11-17(16)18-12-6-7-13-19(18)20;1-2-7-13(8-3-1)16-12-6-10-14-9-4-5-11-15(14)16;1-3-7-13-11(5-1)9-10-12-6-2-4-8-14(12)13;2*1-3-7-11-9(5-1)10-6-2-4-8-12(10)13-11;7*1-2/h1-20H;1-18H;1-14H;1-12H;1-10H;2*1-8H;7*1-2H3. The van der Waals surface area contributed by atoms with Gasteiger partial charge in [0.25, 0.3) is 0 Å². The average Bonchev–Trinajstić information content (AvgIpc) is 0.846. The minimum atomic E-state index is -2.30. The molecule has 0 saturated heterocycles. The van der Waals surface area contributed by atoms with E-state index in [-0.39, 0.29) is 0 Å². The van der Waals surface area contributed by atoms with Crippen LogP contribution in [0, 0.1) is 0 Å². The fourth-order valence-electron chi connectivity index (χ4n) is 17.1. The zero-order valence-corrected chi connectivity index (χ0v) is 85.1. The Morgan fingerprint density at radius 3 is 0.791 bits per heavy atom. The zero-order chi connectivity index (χ0) is 98.0. The maximum atomic E-state index is 5.65. The van der Waals surface area contributed by atoms with Crippen LogP contribution in [0.2, 0.25) is 0 Å². The van der Waals surface area contributed by atoms with E-state index in [1.807, 2.05) is 145 Å². The van der Waals surface area contributed by atoms with Crippen molar-refractivity contribution in [3.63, 3.8) is 0 Å². The summed E-state index contributed by atoms with van der Waals surface area (Å²) in [6, 6.07) is 193. The molecule has 692 valence electrons. The Morgan fingerprint density at radius 1 is 0.144 bits per heavy atom. The van der Waals surface area contributed by atoms with Crippen molar-refractivity contribution in [3.05, 3.63) is 546 Å². The summed E-state index contributed by atoms with van der Waals surface area (Å²) in [7, 11) is -2.30. The van der Waals surface area contributed by atoms with E-state index in [9.17, 15) is 0 Å². The van der Waals surface area contributed by atoms with Gasteiger partial charge in [-0.05, 0) is 167 Å². The van der Waals surface area contributed by atoms with E-state index < -0.39 is 8.07 Å². The highest BCUT2D eigenvalue weighted by Crippen LogP contribution is 2.39. The van der Waals surface area contributed by atoms with Crippen molar-refractivity contribution in [2.75, 3.05) is 0 Å². The van der Waals surface area contributed by atoms with E-state index in [0.29, 0.717) is 0 Å². The van der Waals surface area contributed by atoms with Gasteiger partial charge in [0.15, 0.2) is 8.07 Å². The van der Waals surface area contributed by atoms with Crippen molar-refractivity contribution >= 4 is 136 Å². The molecule has 0 bridgehead atoms. The third-order valence-corrected chi connectivity index (χ3v) is 29.0. The Morgan fingerprint density at radius 2 is 0.403 bits per heavy atom. The Labute approximate surface area is 832 Å². The summed E-state index contributed by atoms with van der Waals surface area (Å²) < 4.78 is 8.41. The van der Waals surface area contributed by atoms with Gasteiger partial charge in [-0.1, -0.05) is 607 Å². The summed E-state index contributed by atoms with van der Waals surface area (Å²) in [6.45, 7) is 28.0. The lowest BCUT2D eigenvalue weighted by Gasteiger charge is -2.34. The molecule has 24 rings (SSSR count). The highest BCUT2D eigenvalue weighted by Gasteiger charge is 2.41. The van der Waals surface area contributed by atoms with Gasteiger partial charge in [0.2, 0.25) is 0 Å². The second kappa shape index (κ2) is 56.7. The Bertz CT molecular complexity index is 7180. The molecule has 0 spiro atoms. The maximum absolute atomic E-state index is 5.65. The van der Waals surface area contributed by atoms with Gasteiger partial charge in [-0.3, -0.25) is 0 Å². The first-order chi connectivity index (χ1) is 69.1. The number of fused-ring (bicyclic) bond motifs is 13. The fraction of sp³-hybridized carbons (Fsp3) is 0.103. The highest BCUT2D eigenvalue weighted by molar-refractivity contribution is 7.25. The molecule has 0 aliphatic rings. The summed E-state index contributed by atoms with van der Waals surface area (Å²) in [6.07, 6.45) is 0. The van der Waals surface area contributed by atoms with Crippen LogP contribution in [0.5, 0.6) is 0 Å². The third-order valence-electron chi connectivity index (χ3n) is 23.1. The van der Waals surface area contributed by atoms with E-state index in [0.717, 1.165) is 11.2 Å². The minimum absolute atomic E-state index is 0.962. The van der Waals surface area contributed by atoms with Gasteiger partial charge in [-0.2, -0.15) is 0 Å². The molecule has 0 fully saturated rings. The van der Waals surface area contributed by atoms with Crippen LogP contribution in [0.1, 0.15) is 96.9 Å². The molecule has 0 aliphatic heterocycles. The van der Waals surface area contributed by atoms with Crippen LogP contribution >= 0.6 is 11.3 Å². The largest absolute Gasteiger partial charge is 0.456 e. The molecule has 0 amide bonds. The number of thiophene rings is 1. The van der Waals surface area contributed by atoms with Gasteiger partial charge >= 0.3 is 0 Å². The molecule has 2 aromatic heterocycles. The lowest BCUT2D eigenvalue weighted by atomic mass is 9.91. The zero-order valence-electron chi connectivity index (χ0n) is 83.3. The number of benzene rings is 22. The van der Waals surface area contributed by atoms with Gasteiger partial charge in [-0.25, -0.2) is 0 Å². The van der Waals surface area contributed by atoms with Crippen LogP contribution in [0.4, 0.5) is 0 Å². The second-order valence-corrected chi connectivity index (χ2v) is 35.6. The summed E-state index contributed by atoms with van der Waals surface area (Å²) in [4.78, 5) is 0. The molecule has 0 atom stereocenters. The van der Waals surface area contributed by atoms with Crippen molar-refractivity contribution in [1.82, 2.24) is 0 Å². The number of hydrogen-bond donors (Lipinski definition) is 0. The first-order valence-electron chi connectivity index (χ1n) is 49.7. The van der Waals surface area contributed by atoms with E-state index in [1.165, 1.54) is 161 Å². The number of rotatable bonds is 9. The molecule has 3 heteroatoms. The average molecular weight is 1840 g/mol. The van der Waals surface area contributed by atoms with Crippen molar-refractivity contribution in [1.29, 1.82) is 0 Å². The minimum Gasteiger partial charge on any atom is -0.456 e. The maximum Gasteiger partial charge on any atom is 0.179 e. The monoisotopic (exact) mass is 1840 g/mol. The third kappa shape index (κ3) is 26.4. The molecule has 22 aromatic carbocycles. The van der Waals surface area contributed by atoms with Gasteiger partial charge in [0.05, 0.1) is 0 Å². The number of hydrogen-bond acceptors (Lipinski definition) is 2. The molecule has 0 unspecified atom stereocenters. The van der Waals surface area contributed by atoms with Gasteiger partial charge in [0.1, 0.15) is 11.2 Å². The SMILES string of the molecule is CC.CC.CC.CC.CC.CC.CC.c1ccc(-c2cc3ccccc3c3ccccc23)cc1.c1ccc(-c2ccc(-c3ccccc3)c(-c3ccccc3)c2)cc1.c1ccc(-c2cccc3ccccc23)cc1.c1ccc([Si](c2ccccc2)(c2ccccc2)c2ccccc2)cc1.c1ccc2c(c1)ccc1ccccc12.c1ccc2c(c1)oc1ccccc12.c1ccc2c(c1)sc1ccccc12. The van der Waals surface area contributed by atoms with Crippen LogP contribution < -0.4 is 20.7 Å². The van der Waals surface area contributed by atoms with Crippen LogP contribution in [0.3, 0.4) is 0 Å². The molecular formula is C136H132OSSi. The van der Waals surface area contributed by atoms with Crippen molar-refractivity contribution in [3.8, 4) is 55.6 Å². The molecule has 24 aromatic rings.